The summed E-state index contributed by atoms with van der Waals surface area (Å²) in [6.07, 6.45) is 13.7. The minimum atomic E-state index is -0.417. The van der Waals surface area contributed by atoms with Crippen molar-refractivity contribution in [3.05, 3.63) is 296 Å². The minimum Gasteiger partial charge on any atom is -0.323 e. The van der Waals surface area contributed by atoms with E-state index in [1.54, 1.807) is 64.5 Å². The summed E-state index contributed by atoms with van der Waals surface area (Å²) in [6.45, 7) is 0. The van der Waals surface area contributed by atoms with Gasteiger partial charge in [-0.05, 0) is 0 Å². The van der Waals surface area contributed by atoms with Crippen LogP contribution in [0.4, 0.5) is 11.4 Å². The molecule has 0 radical (unpaired) electrons. The average Bonchev–Trinajstić information content (AvgIpc) is 1.65. The third kappa shape index (κ3) is 22.2. The molecule has 18 rings (SSSR count). The fourth-order valence-electron chi connectivity index (χ4n) is 9.75. The first-order valence-electron chi connectivity index (χ1n) is 31.6. The number of non-ortho nitro benzene ring substituents is 2. The Bertz CT molecular complexity index is 5650. The van der Waals surface area contributed by atoms with Crippen LogP contribution in [0.5, 0.6) is 0 Å². The molecule has 12 heterocycles. The normalized spacial score (nSPS) is 10.1. The Morgan fingerprint density at radius 1 is 0.387 bits per heavy atom. The Labute approximate surface area is 676 Å². The molecule has 18 aromatic rings. The number of aryl methyl sites for hydroxylation is 6. The van der Waals surface area contributed by atoms with Gasteiger partial charge < -0.3 is 22.8 Å². The number of imidazole rings is 6. The fourth-order valence-corrected chi connectivity index (χ4v) is 11.0. The molecule has 0 spiro atoms. The zero-order valence-corrected chi connectivity index (χ0v) is 63.1. The van der Waals surface area contributed by atoms with Gasteiger partial charge in [0.2, 0.25) is 11.8 Å². The number of nitrogens with one attached hydrogen (secondary N) is 1. The van der Waals surface area contributed by atoms with Gasteiger partial charge in [-0.3, -0.25) is 20.2 Å². The molecule has 12 aromatic heterocycles. The van der Waals surface area contributed by atoms with Crippen molar-refractivity contribution in [1.29, 1.82) is 0 Å². The molecule has 0 atom stereocenters. The molecular weight excluding hydrogens is 1540 g/mol. The second kappa shape index (κ2) is 41.9. The molecule has 111 heavy (non-hydrogen) atoms. The van der Waals surface area contributed by atoms with E-state index in [2.05, 4.69) is 95.8 Å². The van der Waals surface area contributed by atoms with Gasteiger partial charge in [0.1, 0.15) is 83.0 Å². The third-order valence-electron chi connectivity index (χ3n) is 14.9. The fraction of sp³-hybridized carbons (Fsp3) is 0.108. The van der Waals surface area contributed by atoms with E-state index >= 15 is 0 Å². The van der Waals surface area contributed by atoms with Gasteiger partial charge >= 0.3 is 18.9 Å². The van der Waals surface area contributed by atoms with Crippen LogP contribution in [0.25, 0.3) is 101 Å². The van der Waals surface area contributed by atoms with Crippen molar-refractivity contribution in [2.45, 2.75) is 14.9 Å². The number of nitro benzene ring substituents is 2. The zero-order valence-electron chi connectivity index (χ0n) is 58.6. The Morgan fingerprint density at radius 3 is 1.05 bits per heavy atom. The van der Waals surface area contributed by atoms with Crippen molar-refractivity contribution < 1.29 is 33.3 Å². The largest absolute Gasteiger partial charge is 1.00 e. The summed E-state index contributed by atoms with van der Waals surface area (Å²) in [5, 5.41) is 22.5. The number of aromatic amines is 1. The van der Waals surface area contributed by atoms with Gasteiger partial charge in [-0.2, -0.15) is 41.4 Å². The first-order chi connectivity index (χ1) is 52.3. The van der Waals surface area contributed by atoms with E-state index in [1.165, 1.54) is 62.2 Å². The molecule has 558 valence electrons. The molecule has 0 fully saturated rings. The third-order valence-corrected chi connectivity index (χ3v) is 16.6. The van der Waals surface area contributed by atoms with Gasteiger partial charge in [0, 0.05) is 76.2 Å². The number of hydrogen-bond acceptors (Lipinski definition) is 21. The summed E-state index contributed by atoms with van der Waals surface area (Å²) in [7, 11) is 11.3. The molecule has 30 nitrogen and oxygen atoms in total. The predicted molar refractivity (Wildman–Crippen MR) is 428 cm³/mol. The second-order valence-electron chi connectivity index (χ2n) is 22.0. The van der Waals surface area contributed by atoms with Crippen LogP contribution in [0, 0.1) is 26.3 Å². The molecule has 0 bridgehead atoms. The SMILES string of the molecule is C.C.C[n+]1c[nH]c2ncnc(Cl)c21.Cn1c(-c2ccccc2)nc2c(Cl)ncnc21.Cn1c(-c2ccccc2)nc2c(Cl)ncnc21.Cn1c(-c2ccccc2)nc2ncnc(Cl)c21.Cn1cnc2c(Cl)ncnc21.Cn1cnc2c(Cl)ncnc21.O=[N+]([O-])c1ccccc1.O=[N+]([O-])c1ccccc1.[Li+].[c-]1ccccc1. The van der Waals surface area contributed by atoms with Crippen LogP contribution >= 0.6 is 69.6 Å². The van der Waals surface area contributed by atoms with E-state index < -0.39 is 9.85 Å². The molecule has 0 unspecified atom stereocenters. The molecule has 0 saturated heterocycles. The van der Waals surface area contributed by atoms with E-state index in [-0.39, 0.29) is 45.1 Å². The number of halogens is 6. The molecule has 0 saturated carbocycles. The van der Waals surface area contributed by atoms with Gasteiger partial charge in [-0.1, -0.05) is 212 Å². The van der Waals surface area contributed by atoms with E-state index in [1.807, 2.05) is 182 Å². The average molecular weight is 1600 g/mol. The molecule has 0 aliphatic carbocycles. The number of fused-ring (bicyclic) bond motifs is 6. The number of hydrogen-bond donors (Lipinski definition) is 1. The number of nitro groups is 2. The molecule has 0 amide bonds. The Hall–Kier alpha value is -12.2. The number of para-hydroxylation sites is 2. The molecular formula is C74H66Cl6LiN26O4+. The van der Waals surface area contributed by atoms with Crippen LogP contribution in [0.1, 0.15) is 14.9 Å². The maximum Gasteiger partial charge on any atom is 1.00 e. The van der Waals surface area contributed by atoms with Crippen LogP contribution in [0.15, 0.2) is 239 Å². The topological polar surface area (TPSA) is 350 Å². The summed E-state index contributed by atoms with van der Waals surface area (Å²) < 4.78 is 11.2. The molecule has 1 N–H and O–H groups in total. The molecule has 0 aliphatic rings. The van der Waals surface area contributed by atoms with Crippen molar-refractivity contribution in [2.75, 3.05) is 0 Å². The molecule has 0 aliphatic heterocycles. The van der Waals surface area contributed by atoms with Crippen molar-refractivity contribution in [1.82, 2.24) is 113 Å². The zero-order chi connectivity index (χ0) is 76.6. The number of benzene rings is 6. The standard InChI is InChI=1S/3C12H9ClN4.3C6H5ClN4.2C6H5NO2.C6H5.2CH4.Li/c1-17-9-10(13)14-7-15-11(9)16-12(17)8-5-3-2-4-6-8;2*1-17-11(8-5-3-2-4-6-8)16-9-10(13)14-7-15-12(9)17;1-11-3-10-6-4(11)5(7)8-2-9-6;2*1-11-3-10-4-5(7)8-2-9-6(4)11;2*8-7(9)6-4-2-1-3-5-6;1-2-4-6-5-3-1;;;/h3*2-7H,1H3;3*2-3H,1H3;2*1-5H;1-5H;2*1H4;/q;;;;;;;;-1;;;+1/p+1. The van der Waals surface area contributed by atoms with Gasteiger partial charge in [0.15, 0.2) is 59.2 Å². The van der Waals surface area contributed by atoms with Crippen LogP contribution in [0.2, 0.25) is 30.9 Å². The first-order valence-corrected chi connectivity index (χ1v) is 33.9. The van der Waals surface area contributed by atoms with Crippen molar-refractivity contribution in [3.8, 4) is 34.2 Å². The van der Waals surface area contributed by atoms with E-state index in [0.717, 1.165) is 73.4 Å². The monoisotopic (exact) mass is 1600 g/mol. The van der Waals surface area contributed by atoms with Gasteiger partial charge in [-0.15, -0.1) is 0 Å². The van der Waals surface area contributed by atoms with Crippen LogP contribution in [0.3, 0.4) is 0 Å². The van der Waals surface area contributed by atoms with Gasteiger partial charge in [0.05, 0.1) is 29.5 Å². The Kier molecular flexibility index (Phi) is 32.5. The summed E-state index contributed by atoms with van der Waals surface area (Å²) >= 11 is 35.4. The Balaban J connectivity index is 0.000000175. The predicted octanol–water partition coefficient (Wildman–Crippen LogP) is 13.5. The minimum absolute atomic E-state index is 0. The van der Waals surface area contributed by atoms with E-state index in [4.69, 9.17) is 69.6 Å². The number of nitrogens with zero attached hydrogens (tertiary/aromatic N) is 25. The quantitative estimate of drug-likeness (QED) is 0.0417. The maximum absolute atomic E-state index is 10.0. The van der Waals surface area contributed by atoms with Crippen LogP contribution < -0.4 is 23.4 Å². The van der Waals surface area contributed by atoms with Crippen molar-refractivity contribution in [2.24, 2.45) is 42.3 Å². The van der Waals surface area contributed by atoms with E-state index in [0.29, 0.717) is 58.6 Å². The first kappa shape index (κ1) is 86.0. The van der Waals surface area contributed by atoms with Crippen molar-refractivity contribution in [3.63, 3.8) is 0 Å². The molecule has 37 heteroatoms. The maximum atomic E-state index is 10.0. The number of H-pyrrole nitrogens is 1. The summed E-state index contributed by atoms with van der Waals surface area (Å²) in [4.78, 5) is 91.4. The summed E-state index contributed by atoms with van der Waals surface area (Å²) in [5.41, 5.74) is 11.9. The van der Waals surface area contributed by atoms with Crippen LogP contribution in [-0.4, -0.2) is 122 Å². The summed E-state index contributed by atoms with van der Waals surface area (Å²) in [6, 6.07) is 58.1. The smallest absolute Gasteiger partial charge is 0.323 e. The summed E-state index contributed by atoms with van der Waals surface area (Å²) in [5.74, 6) is 2.51. The molecule has 6 aromatic carbocycles. The number of rotatable bonds is 5. The van der Waals surface area contributed by atoms with E-state index in [9.17, 15) is 20.2 Å². The number of aromatic nitrogens is 24. The van der Waals surface area contributed by atoms with Crippen molar-refractivity contribution >= 4 is 148 Å². The Morgan fingerprint density at radius 2 is 0.721 bits per heavy atom. The van der Waals surface area contributed by atoms with Gasteiger partial charge in [-0.25, -0.2) is 89.3 Å². The van der Waals surface area contributed by atoms with Crippen LogP contribution in [-0.2, 0) is 42.3 Å². The van der Waals surface area contributed by atoms with Gasteiger partial charge in [0.25, 0.3) is 17.0 Å². The second-order valence-corrected chi connectivity index (χ2v) is 24.1.